The van der Waals surface area contributed by atoms with Gasteiger partial charge in [0.15, 0.2) is 17.3 Å². The smallest absolute Gasteiger partial charge is 0.226 e. The zero-order valence-electron chi connectivity index (χ0n) is 15.5. The van der Waals surface area contributed by atoms with E-state index in [1.165, 1.54) is 11.8 Å². The molecule has 0 bridgehead atoms. The van der Waals surface area contributed by atoms with E-state index in [1.54, 1.807) is 24.3 Å². The molecule has 2 aromatic carbocycles. The second-order valence-electron chi connectivity index (χ2n) is 6.59. The van der Waals surface area contributed by atoms with Crippen LogP contribution in [0.2, 0.25) is 0 Å². The Morgan fingerprint density at radius 1 is 1.04 bits per heavy atom. The molecule has 6 heteroatoms. The van der Waals surface area contributed by atoms with Crippen molar-refractivity contribution < 1.29 is 19.1 Å². The summed E-state index contributed by atoms with van der Waals surface area (Å²) in [7, 11) is 0. The molecule has 0 atom stereocenters. The average Bonchev–Trinajstić information content (AvgIpc) is 2.91. The van der Waals surface area contributed by atoms with Crippen molar-refractivity contribution in [3.05, 3.63) is 48.0 Å². The summed E-state index contributed by atoms with van der Waals surface area (Å²) in [6.45, 7) is 4.97. The summed E-state index contributed by atoms with van der Waals surface area (Å²) in [6.07, 6.45) is 0.864. The molecule has 5 nitrogen and oxygen atoms in total. The van der Waals surface area contributed by atoms with Crippen LogP contribution < -0.4 is 14.8 Å². The number of rotatable bonds is 6. The minimum atomic E-state index is -0.0852. The van der Waals surface area contributed by atoms with Gasteiger partial charge in [-0.15, -0.1) is 11.8 Å². The first-order chi connectivity index (χ1) is 13.0. The van der Waals surface area contributed by atoms with Crippen LogP contribution in [0.4, 0.5) is 5.69 Å². The first-order valence-corrected chi connectivity index (χ1v) is 9.98. The molecule has 1 aliphatic heterocycles. The molecular weight excluding hydrogens is 362 g/mol. The van der Waals surface area contributed by atoms with E-state index in [0.717, 1.165) is 22.8 Å². The normalized spacial score (nSPS) is 13.1. The van der Waals surface area contributed by atoms with Crippen LogP contribution in [0.3, 0.4) is 0 Å². The number of amides is 1. The summed E-state index contributed by atoms with van der Waals surface area (Å²) in [4.78, 5) is 25.1. The molecule has 142 valence electrons. The van der Waals surface area contributed by atoms with E-state index in [2.05, 4.69) is 5.32 Å². The first-order valence-electron chi connectivity index (χ1n) is 8.99. The monoisotopic (exact) mass is 385 g/mol. The lowest BCUT2D eigenvalue weighted by atomic mass is 10.1. The average molecular weight is 385 g/mol. The lowest BCUT2D eigenvalue weighted by Gasteiger charge is -2.09. The Morgan fingerprint density at radius 2 is 1.74 bits per heavy atom. The number of carbonyl (C=O) groups excluding carboxylic acids is 2. The van der Waals surface area contributed by atoms with Crippen molar-refractivity contribution in [2.45, 2.75) is 25.2 Å². The molecule has 1 heterocycles. The van der Waals surface area contributed by atoms with Gasteiger partial charge in [-0.05, 0) is 42.5 Å². The Hall–Kier alpha value is -2.47. The number of carbonyl (C=O) groups is 2. The molecule has 1 aliphatic rings. The molecule has 0 spiro atoms. The number of ether oxygens (including phenoxy) is 2. The van der Waals surface area contributed by atoms with Crippen molar-refractivity contribution in [3.8, 4) is 11.5 Å². The maximum absolute atomic E-state index is 12.4. The molecule has 1 N–H and O–H groups in total. The third kappa shape index (κ3) is 5.26. The second kappa shape index (κ2) is 8.95. The van der Waals surface area contributed by atoms with Gasteiger partial charge in [0.1, 0.15) is 0 Å². The lowest BCUT2D eigenvalue weighted by Crippen LogP contribution is -2.17. The van der Waals surface area contributed by atoms with Crippen LogP contribution in [0.5, 0.6) is 11.5 Å². The number of ketones is 1. The summed E-state index contributed by atoms with van der Waals surface area (Å²) in [5, 5.41) is 2.82. The Labute approximate surface area is 163 Å². The van der Waals surface area contributed by atoms with Gasteiger partial charge in [0, 0.05) is 28.5 Å². The number of nitrogens with one attached hydrogen (secondary N) is 1. The van der Waals surface area contributed by atoms with Gasteiger partial charge in [0.05, 0.1) is 19.0 Å². The van der Waals surface area contributed by atoms with Crippen molar-refractivity contribution in [2.75, 3.05) is 24.3 Å². The van der Waals surface area contributed by atoms with E-state index < -0.39 is 0 Å². The molecule has 0 fully saturated rings. The molecule has 1 amide bonds. The lowest BCUT2D eigenvalue weighted by molar-refractivity contribution is -0.118. The fraction of sp³-hybridized carbons (Fsp3) is 0.333. The van der Waals surface area contributed by atoms with Crippen LogP contribution in [-0.4, -0.2) is 30.7 Å². The zero-order valence-corrected chi connectivity index (χ0v) is 16.3. The van der Waals surface area contributed by atoms with Gasteiger partial charge in [-0.3, -0.25) is 9.59 Å². The van der Waals surface area contributed by atoms with Gasteiger partial charge in [-0.1, -0.05) is 13.8 Å². The third-order valence-electron chi connectivity index (χ3n) is 4.09. The predicted molar refractivity (Wildman–Crippen MR) is 107 cm³/mol. The maximum Gasteiger partial charge on any atom is 0.226 e. The Bertz CT molecular complexity index is 817. The minimum Gasteiger partial charge on any atom is -0.490 e. The summed E-state index contributed by atoms with van der Waals surface area (Å²) >= 11 is 1.47. The van der Waals surface area contributed by atoms with Crippen molar-refractivity contribution >= 4 is 29.1 Å². The van der Waals surface area contributed by atoms with E-state index >= 15 is 0 Å². The van der Waals surface area contributed by atoms with Gasteiger partial charge < -0.3 is 14.8 Å². The zero-order chi connectivity index (χ0) is 19.2. The van der Waals surface area contributed by atoms with E-state index in [0.29, 0.717) is 30.2 Å². The van der Waals surface area contributed by atoms with Gasteiger partial charge in [-0.2, -0.15) is 0 Å². The van der Waals surface area contributed by atoms with Crippen LogP contribution >= 0.6 is 11.8 Å². The summed E-state index contributed by atoms with van der Waals surface area (Å²) < 4.78 is 11.3. The number of fused-ring (bicyclic) bond motifs is 1. The van der Waals surface area contributed by atoms with E-state index in [1.807, 2.05) is 32.0 Å². The van der Waals surface area contributed by atoms with E-state index in [-0.39, 0.29) is 17.6 Å². The van der Waals surface area contributed by atoms with Crippen LogP contribution in [0.15, 0.2) is 47.4 Å². The highest BCUT2D eigenvalue weighted by atomic mass is 32.2. The Morgan fingerprint density at radius 3 is 2.44 bits per heavy atom. The van der Waals surface area contributed by atoms with Crippen LogP contribution in [-0.2, 0) is 4.79 Å². The maximum atomic E-state index is 12.4. The summed E-state index contributed by atoms with van der Waals surface area (Å²) in [6, 6.07) is 12.7. The molecule has 0 aliphatic carbocycles. The first kappa shape index (κ1) is 19.3. The SMILES string of the molecule is CC(C)C(=O)Nc1ccc(C(=O)CSc2ccc3c(c2)OCCCO3)cc1. The molecule has 0 aromatic heterocycles. The van der Waals surface area contributed by atoms with Crippen LogP contribution in [0, 0.1) is 5.92 Å². The Balaban J connectivity index is 1.57. The largest absolute Gasteiger partial charge is 0.490 e. The molecule has 0 unspecified atom stereocenters. The van der Waals surface area contributed by atoms with Crippen LogP contribution in [0.1, 0.15) is 30.6 Å². The third-order valence-corrected chi connectivity index (χ3v) is 5.08. The number of anilines is 1. The van der Waals surface area contributed by atoms with Crippen LogP contribution in [0.25, 0.3) is 0 Å². The van der Waals surface area contributed by atoms with Gasteiger partial charge in [-0.25, -0.2) is 0 Å². The highest BCUT2D eigenvalue weighted by Crippen LogP contribution is 2.34. The highest BCUT2D eigenvalue weighted by molar-refractivity contribution is 8.00. The molecule has 27 heavy (non-hydrogen) atoms. The van der Waals surface area contributed by atoms with Crippen molar-refractivity contribution in [3.63, 3.8) is 0 Å². The molecule has 2 aromatic rings. The number of hydrogen-bond acceptors (Lipinski definition) is 5. The standard InChI is InChI=1S/C21H23NO4S/c1-14(2)21(24)22-16-6-4-15(5-7-16)18(23)13-27-17-8-9-19-20(12-17)26-11-3-10-25-19/h4-9,12,14H,3,10-11,13H2,1-2H3,(H,22,24). The van der Waals surface area contributed by atoms with Gasteiger partial charge in [0.25, 0.3) is 0 Å². The van der Waals surface area contributed by atoms with Crippen molar-refractivity contribution in [1.29, 1.82) is 0 Å². The molecule has 0 saturated heterocycles. The minimum absolute atomic E-state index is 0.0360. The molecular formula is C21H23NO4S. The topological polar surface area (TPSA) is 64.6 Å². The molecule has 3 rings (SSSR count). The Kier molecular flexibility index (Phi) is 6.40. The predicted octanol–water partition coefficient (Wildman–Crippen LogP) is 4.42. The fourth-order valence-electron chi connectivity index (χ4n) is 2.49. The number of benzene rings is 2. The summed E-state index contributed by atoms with van der Waals surface area (Å²) in [5.74, 6) is 1.72. The van der Waals surface area contributed by atoms with E-state index in [4.69, 9.17) is 9.47 Å². The number of hydrogen-bond donors (Lipinski definition) is 1. The van der Waals surface area contributed by atoms with Gasteiger partial charge in [0.2, 0.25) is 5.91 Å². The van der Waals surface area contributed by atoms with E-state index in [9.17, 15) is 9.59 Å². The highest BCUT2D eigenvalue weighted by Gasteiger charge is 2.13. The van der Waals surface area contributed by atoms with Crippen molar-refractivity contribution in [1.82, 2.24) is 0 Å². The number of Topliss-reactive ketones (excluding diaryl/α,β-unsaturated/α-hetero) is 1. The second-order valence-corrected chi connectivity index (χ2v) is 7.64. The molecule has 0 saturated carbocycles. The fourth-order valence-corrected chi connectivity index (χ4v) is 3.31. The van der Waals surface area contributed by atoms with Gasteiger partial charge >= 0.3 is 0 Å². The summed E-state index contributed by atoms with van der Waals surface area (Å²) in [5.41, 5.74) is 1.32. The number of thioether (sulfide) groups is 1. The quantitative estimate of drug-likeness (QED) is 0.589. The van der Waals surface area contributed by atoms with Crippen molar-refractivity contribution in [2.24, 2.45) is 5.92 Å². The molecule has 0 radical (unpaired) electrons.